The molecule has 0 heterocycles. The van der Waals surface area contributed by atoms with Crippen molar-refractivity contribution in [2.45, 2.75) is 19.4 Å². The van der Waals surface area contributed by atoms with E-state index in [0.29, 0.717) is 5.69 Å². The molecule has 1 rings (SSSR count). The van der Waals surface area contributed by atoms with Gasteiger partial charge in [-0.15, -0.1) is 0 Å². The van der Waals surface area contributed by atoms with Gasteiger partial charge in [0.05, 0.1) is 5.69 Å². The number of benzene rings is 1. The first-order valence-corrected chi connectivity index (χ1v) is 4.30. The SMILES string of the molecule is CC(C)(/N=N/c1ccccc1)C(N)=O. The van der Waals surface area contributed by atoms with Crippen molar-refractivity contribution < 1.29 is 4.79 Å². The Morgan fingerprint density at radius 2 is 1.86 bits per heavy atom. The van der Waals surface area contributed by atoms with Gasteiger partial charge in [0.15, 0.2) is 5.54 Å². The number of nitrogens with two attached hydrogens (primary N) is 1. The highest BCUT2D eigenvalue weighted by molar-refractivity contribution is 5.83. The lowest BCUT2D eigenvalue weighted by atomic mass is 10.1. The number of primary amides is 1. The molecule has 0 spiro atoms. The Morgan fingerprint density at radius 1 is 1.29 bits per heavy atom. The van der Waals surface area contributed by atoms with Gasteiger partial charge in [-0.2, -0.15) is 10.2 Å². The molecule has 1 aromatic carbocycles. The summed E-state index contributed by atoms with van der Waals surface area (Å²) in [5.41, 5.74) is 4.90. The third-order valence-electron chi connectivity index (χ3n) is 1.77. The second kappa shape index (κ2) is 4.00. The van der Waals surface area contributed by atoms with E-state index in [4.69, 9.17) is 5.73 Å². The average molecular weight is 191 g/mol. The summed E-state index contributed by atoms with van der Waals surface area (Å²) in [5, 5.41) is 7.80. The van der Waals surface area contributed by atoms with Gasteiger partial charge in [-0.25, -0.2) is 0 Å². The second-order valence-corrected chi connectivity index (χ2v) is 3.46. The molecule has 1 amide bonds. The molecule has 0 aliphatic rings. The molecule has 0 atom stereocenters. The van der Waals surface area contributed by atoms with Gasteiger partial charge >= 0.3 is 0 Å². The predicted octanol–water partition coefficient (Wildman–Crippen LogP) is 2.03. The number of rotatable bonds is 3. The van der Waals surface area contributed by atoms with E-state index in [-0.39, 0.29) is 0 Å². The maximum Gasteiger partial charge on any atom is 0.246 e. The zero-order valence-electron chi connectivity index (χ0n) is 8.27. The van der Waals surface area contributed by atoms with Crippen LogP contribution in [0.2, 0.25) is 0 Å². The van der Waals surface area contributed by atoms with Crippen LogP contribution in [0.15, 0.2) is 40.6 Å². The molecule has 2 N–H and O–H groups in total. The molecule has 0 aromatic heterocycles. The van der Waals surface area contributed by atoms with E-state index in [0.717, 1.165) is 0 Å². The van der Waals surface area contributed by atoms with E-state index < -0.39 is 11.4 Å². The van der Waals surface area contributed by atoms with E-state index in [1.165, 1.54) is 0 Å². The van der Waals surface area contributed by atoms with Crippen molar-refractivity contribution >= 4 is 11.6 Å². The summed E-state index contributed by atoms with van der Waals surface area (Å²) in [4.78, 5) is 10.9. The van der Waals surface area contributed by atoms with Crippen molar-refractivity contribution in [1.82, 2.24) is 0 Å². The van der Waals surface area contributed by atoms with Crippen LogP contribution in [0.3, 0.4) is 0 Å². The Kier molecular flexibility index (Phi) is 2.96. The molecular formula is C10H13N3O. The molecule has 4 heteroatoms. The van der Waals surface area contributed by atoms with Crippen molar-refractivity contribution in [3.63, 3.8) is 0 Å². The van der Waals surface area contributed by atoms with E-state index >= 15 is 0 Å². The van der Waals surface area contributed by atoms with Crippen molar-refractivity contribution in [2.75, 3.05) is 0 Å². The lowest BCUT2D eigenvalue weighted by Crippen LogP contribution is -2.35. The highest BCUT2D eigenvalue weighted by atomic mass is 16.1. The average Bonchev–Trinajstić information content (AvgIpc) is 2.16. The van der Waals surface area contributed by atoms with Gasteiger partial charge in [-0.3, -0.25) is 4.79 Å². The maximum absolute atomic E-state index is 10.9. The zero-order valence-corrected chi connectivity index (χ0v) is 8.27. The normalized spacial score (nSPS) is 11.9. The summed E-state index contributed by atoms with van der Waals surface area (Å²) in [6.07, 6.45) is 0. The van der Waals surface area contributed by atoms with E-state index in [9.17, 15) is 4.79 Å². The van der Waals surface area contributed by atoms with Gasteiger partial charge < -0.3 is 5.73 Å². The number of hydrogen-bond acceptors (Lipinski definition) is 3. The Balaban J connectivity index is 2.79. The molecule has 0 fully saturated rings. The number of hydrogen-bond donors (Lipinski definition) is 1. The summed E-state index contributed by atoms with van der Waals surface area (Å²) in [7, 11) is 0. The topological polar surface area (TPSA) is 67.8 Å². The summed E-state index contributed by atoms with van der Waals surface area (Å²) in [5.74, 6) is -0.489. The van der Waals surface area contributed by atoms with Crippen molar-refractivity contribution in [3.8, 4) is 0 Å². The fraction of sp³-hybridized carbons (Fsp3) is 0.300. The molecular weight excluding hydrogens is 178 g/mol. The predicted molar refractivity (Wildman–Crippen MR) is 54.2 cm³/mol. The van der Waals surface area contributed by atoms with Crippen LogP contribution in [0.4, 0.5) is 5.69 Å². The van der Waals surface area contributed by atoms with Crippen LogP contribution in [0.1, 0.15) is 13.8 Å². The van der Waals surface area contributed by atoms with Crippen molar-refractivity contribution in [1.29, 1.82) is 0 Å². The van der Waals surface area contributed by atoms with Gasteiger partial charge in [0.1, 0.15) is 0 Å². The monoisotopic (exact) mass is 191 g/mol. The number of amides is 1. The van der Waals surface area contributed by atoms with Crippen LogP contribution in [-0.4, -0.2) is 11.4 Å². The molecule has 0 bridgehead atoms. The van der Waals surface area contributed by atoms with Crippen LogP contribution >= 0.6 is 0 Å². The minimum atomic E-state index is -0.949. The van der Waals surface area contributed by atoms with Gasteiger partial charge in [0.2, 0.25) is 5.91 Å². The second-order valence-electron chi connectivity index (χ2n) is 3.46. The number of azo groups is 1. The van der Waals surface area contributed by atoms with E-state index in [1.54, 1.807) is 26.0 Å². The Bertz CT molecular complexity index is 344. The van der Waals surface area contributed by atoms with Gasteiger partial charge in [-0.05, 0) is 26.0 Å². The zero-order chi connectivity index (χ0) is 10.6. The molecule has 1 aromatic rings. The molecule has 74 valence electrons. The van der Waals surface area contributed by atoms with Crippen LogP contribution in [0, 0.1) is 0 Å². The highest BCUT2D eigenvalue weighted by Crippen LogP contribution is 2.15. The fourth-order valence-corrected chi connectivity index (χ4v) is 0.727. The molecule has 0 aliphatic carbocycles. The van der Waals surface area contributed by atoms with Crippen LogP contribution in [0.25, 0.3) is 0 Å². The first-order chi connectivity index (χ1) is 6.52. The molecule has 14 heavy (non-hydrogen) atoms. The first-order valence-electron chi connectivity index (χ1n) is 4.30. The Hall–Kier alpha value is -1.71. The Labute approximate surface area is 82.8 Å². The molecule has 4 nitrogen and oxygen atoms in total. The molecule has 0 radical (unpaired) electrons. The molecule has 0 saturated carbocycles. The molecule has 0 saturated heterocycles. The lowest BCUT2D eigenvalue weighted by Gasteiger charge is -2.11. The number of nitrogens with zero attached hydrogens (tertiary/aromatic N) is 2. The lowest BCUT2D eigenvalue weighted by molar-refractivity contribution is -0.122. The number of carbonyl (C=O) groups is 1. The number of carbonyl (C=O) groups excluding carboxylic acids is 1. The maximum atomic E-state index is 10.9. The van der Waals surface area contributed by atoms with Crippen molar-refractivity contribution in [3.05, 3.63) is 30.3 Å². The minimum absolute atomic E-state index is 0.489. The molecule has 0 unspecified atom stereocenters. The third-order valence-corrected chi connectivity index (χ3v) is 1.77. The van der Waals surface area contributed by atoms with Crippen LogP contribution < -0.4 is 5.73 Å². The summed E-state index contributed by atoms with van der Waals surface area (Å²) >= 11 is 0. The summed E-state index contributed by atoms with van der Waals surface area (Å²) in [6.45, 7) is 3.25. The Morgan fingerprint density at radius 3 is 2.36 bits per heavy atom. The van der Waals surface area contributed by atoms with Gasteiger partial charge in [0.25, 0.3) is 0 Å². The standard InChI is InChI=1S/C10H13N3O/c1-10(2,9(11)14)13-12-8-6-4-3-5-7-8/h3-7H,1-2H3,(H2,11,14)/b13-12+. The van der Waals surface area contributed by atoms with E-state index in [1.807, 2.05) is 18.2 Å². The minimum Gasteiger partial charge on any atom is -0.368 e. The molecule has 0 aliphatic heterocycles. The van der Waals surface area contributed by atoms with Gasteiger partial charge in [0, 0.05) is 0 Å². The van der Waals surface area contributed by atoms with E-state index in [2.05, 4.69) is 10.2 Å². The van der Waals surface area contributed by atoms with Crippen LogP contribution in [-0.2, 0) is 4.79 Å². The quantitative estimate of drug-likeness (QED) is 0.730. The summed E-state index contributed by atoms with van der Waals surface area (Å²) < 4.78 is 0. The summed E-state index contributed by atoms with van der Waals surface area (Å²) in [6, 6.07) is 9.20. The fourth-order valence-electron chi connectivity index (χ4n) is 0.727. The first kappa shape index (κ1) is 10.4. The largest absolute Gasteiger partial charge is 0.368 e. The van der Waals surface area contributed by atoms with Crippen LogP contribution in [0.5, 0.6) is 0 Å². The highest BCUT2D eigenvalue weighted by Gasteiger charge is 2.23. The third kappa shape index (κ3) is 2.65. The van der Waals surface area contributed by atoms with Gasteiger partial charge in [-0.1, -0.05) is 18.2 Å². The smallest absolute Gasteiger partial charge is 0.246 e. The van der Waals surface area contributed by atoms with Crippen molar-refractivity contribution in [2.24, 2.45) is 16.0 Å².